The number of hydrazine groups is 1. The van der Waals surface area contributed by atoms with Gasteiger partial charge in [-0.2, -0.15) is 0 Å². The first kappa shape index (κ1) is 26.3. The molecule has 0 aromatic heterocycles. The molecule has 12 heteroatoms. The minimum Gasteiger partial charge on any atom is -0.293 e. The molecule has 2 aromatic rings. The van der Waals surface area contributed by atoms with Crippen molar-refractivity contribution in [2.45, 2.75) is 25.7 Å². The van der Waals surface area contributed by atoms with Crippen molar-refractivity contribution in [1.82, 2.24) is 15.8 Å². The van der Waals surface area contributed by atoms with E-state index in [4.69, 9.17) is 23.8 Å². The molecule has 0 spiro atoms. The summed E-state index contributed by atoms with van der Waals surface area (Å²) in [4.78, 5) is 49.2. The molecule has 9 nitrogen and oxygen atoms in total. The summed E-state index contributed by atoms with van der Waals surface area (Å²) >= 11 is 12.5. The lowest BCUT2D eigenvalue weighted by molar-refractivity contribution is -0.385. The Kier molecular flexibility index (Phi) is 9.35. The van der Waals surface area contributed by atoms with E-state index in [1.807, 2.05) is 12.1 Å². The Morgan fingerprint density at radius 2 is 1.80 bits per heavy atom. The lowest BCUT2D eigenvalue weighted by Gasteiger charge is -2.14. The molecule has 0 aliphatic carbocycles. The van der Waals surface area contributed by atoms with E-state index < -0.39 is 16.7 Å². The first-order chi connectivity index (χ1) is 16.8. The molecule has 1 fully saturated rings. The molecule has 35 heavy (non-hydrogen) atoms. The minimum absolute atomic E-state index is 0.145. The third kappa shape index (κ3) is 7.35. The first-order valence-corrected chi connectivity index (χ1v) is 12.2. The van der Waals surface area contributed by atoms with Crippen molar-refractivity contribution in [3.63, 3.8) is 0 Å². The number of amides is 3. The highest BCUT2D eigenvalue weighted by molar-refractivity contribution is 8.26. The van der Waals surface area contributed by atoms with Gasteiger partial charge in [-0.25, -0.2) is 0 Å². The number of thioether (sulfide) groups is 1. The van der Waals surface area contributed by atoms with Crippen LogP contribution >= 0.6 is 35.6 Å². The van der Waals surface area contributed by atoms with E-state index in [9.17, 15) is 24.5 Å². The van der Waals surface area contributed by atoms with E-state index in [0.717, 1.165) is 5.56 Å². The monoisotopic (exact) mass is 532 g/mol. The third-order valence-electron chi connectivity index (χ3n) is 4.99. The number of carbonyl (C=O) groups is 3. The number of nitro benzene ring substituents is 1. The molecular weight excluding hydrogens is 512 g/mol. The molecule has 1 saturated heterocycles. The number of nitro groups is 1. The van der Waals surface area contributed by atoms with Gasteiger partial charge in [0.15, 0.2) is 0 Å². The zero-order valence-corrected chi connectivity index (χ0v) is 20.8. The van der Waals surface area contributed by atoms with Gasteiger partial charge in [0.2, 0.25) is 5.91 Å². The van der Waals surface area contributed by atoms with E-state index >= 15 is 0 Å². The van der Waals surface area contributed by atoms with E-state index in [-0.39, 0.29) is 23.6 Å². The van der Waals surface area contributed by atoms with Crippen molar-refractivity contribution >= 4 is 69.4 Å². The fourth-order valence-corrected chi connectivity index (χ4v) is 4.65. The van der Waals surface area contributed by atoms with Crippen molar-refractivity contribution < 1.29 is 19.3 Å². The number of para-hydroxylation sites is 1. The van der Waals surface area contributed by atoms with Gasteiger partial charge in [0.25, 0.3) is 17.5 Å². The van der Waals surface area contributed by atoms with Crippen LogP contribution in [-0.4, -0.2) is 38.4 Å². The summed E-state index contributed by atoms with van der Waals surface area (Å²) in [7, 11) is 0. The van der Waals surface area contributed by atoms with Crippen LogP contribution in [-0.2, 0) is 9.59 Å². The lowest BCUT2D eigenvalue weighted by atomic mass is 10.1. The largest absolute Gasteiger partial charge is 0.293 e. The molecular formula is C23H21ClN4O5S2. The molecule has 3 amide bonds. The topological polar surface area (TPSA) is 122 Å². The zero-order valence-electron chi connectivity index (χ0n) is 18.4. The maximum atomic E-state index is 12.7. The molecule has 182 valence electrons. The Hall–Kier alpha value is -3.28. The van der Waals surface area contributed by atoms with Crippen LogP contribution in [0.25, 0.3) is 6.08 Å². The number of rotatable bonds is 9. The van der Waals surface area contributed by atoms with Crippen LogP contribution in [0.4, 0.5) is 5.69 Å². The van der Waals surface area contributed by atoms with Gasteiger partial charge in [-0.1, -0.05) is 66.3 Å². The second kappa shape index (κ2) is 12.4. The summed E-state index contributed by atoms with van der Waals surface area (Å²) in [5.41, 5.74) is 4.81. The quantitative estimate of drug-likeness (QED) is 0.161. The minimum atomic E-state index is -0.772. The molecule has 0 saturated carbocycles. The predicted molar refractivity (Wildman–Crippen MR) is 139 cm³/mol. The second-order valence-electron chi connectivity index (χ2n) is 7.47. The SMILES string of the molecule is O=C(CCCCCN1C(=O)C(=Cc2ccc(Cl)cc2)SC1=S)NNC(=O)c1ccccc1[N+](=O)[O-]. The lowest BCUT2D eigenvalue weighted by Crippen LogP contribution is -2.41. The van der Waals surface area contributed by atoms with Gasteiger partial charge in [0.1, 0.15) is 9.88 Å². The van der Waals surface area contributed by atoms with E-state index in [2.05, 4.69) is 10.9 Å². The number of halogens is 1. The van der Waals surface area contributed by atoms with Gasteiger partial charge >= 0.3 is 0 Å². The van der Waals surface area contributed by atoms with E-state index in [1.54, 1.807) is 23.1 Å². The highest BCUT2D eigenvalue weighted by atomic mass is 35.5. The summed E-state index contributed by atoms with van der Waals surface area (Å²) in [6.45, 7) is 0.443. The van der Waals surface area contributed by atoms with Gasteiger partial charge in [-0.3, -0.25) is 40.2 Å². The first-order valence-electron chi connectivity index (χ1n) is 10.6. The maximum absolute atomic E-state index is 12.7. The fraction of sp³-hybridized carbons (Fsp3) is 0.217. The number of hydrogen-bond acceptors (Lipinski definition) is 7. The van der Waals surface area contributed by atoms with Crippen molar-refractivity contribution in [2.75, 3.05) is 6.54 Å². The average Bonchev–Trinajstić information content (AvgIpc) is 3.10. The molecule has 0 atom stereocenters. The molecule has 0 unspecified atom stereocenters. The maximum Gasteiger partial charge on any atom is 0.282 e. The van der Waals surface area contributed by atoms with Gasteiger partial charge < -0.3 is 0 Å². The molecule has 2 N–H and O–H groups in total. The highest BCUT2D eigenvalue weighted by Gasteiger charge is 2.31. The number of unbranched alkanes of at least 4 members (excludes halogenated alkanes) is 2. The van der Waals surface area contributed by atoms with Crippen molar-refractivity contribution in [1.29, 1.82) is 0 Å². The number of nitrogens with zero attached hydrogens (tertiary/aromatic N) is 2. The predicted octanol–water partition coefficient (Wildman–Crippen LogP) is 4.47. The van der Waals surface area contributed by atoms with Gasteiger partial charge in [0.05, 0.1) is 9.83 Å². The second-order valence-corrected chi connectivity index (χ2v) is 9.58. The average molecular weight is 533 g/mol. The Morgan fingerprint density at radius 3 is 2.51 bits per heavy atom. The highest BCUT2D eigenvalue weighted by Crippen LogP contribution is 2.33. The van der Waals surface area contributed by atoms with Crippen molar-refractivity contribution in [3.8, 4) is 0 Å². The smallest absolute Gasteiger partial charge is 0.282 e. The molecule has 1 aliphatic rings. The zero-order chi connectivity index (χ0) is 25.4. The van der Waals surface area contributed by atoms with Crippen LogP contribution < -0.4 is 10.9 Å². The molecule has 1 heterocycles. The van der Waals surface area contributed by atoms with E-state index in [0.29, 0.717) is 40.1 Å². The van der Waals surface area contributed by atoms with Crippen LogP contribution in [0.5, 0.6) is 0 Å². The van der Waals surface area contributed by atoms with Crippen LogP contribution in [0.3, 0.4) is 0 Å². The number of thiocarbonyl (C=S) groups is 1. The summed E-state index contributed by atoms with van der Waals surface area (Å²) in [5, 5.41) is 11.6. The van der Waals surface area contributed by atoms with Gasteiger partial charge in [0, 0.05) is 24.1 Å². The molecule has 2 aromatic carbocycles. The van der Waals surface area contributed by atoms with Crippen molar-refractivity contribution in [2.24, 2.45) is 0 Å². The third-order valence-corrected chi connectivity index (χ3v) is 6.62. The Balaban J connectivity index is 1.38. The Bertz CT molecular complexity index is 1190. The summed E-state index contributed by atoms with van der Waals surface area (Å²) in [5.74, 6) is -1.34. The fourth-order valence-electron chi connectivity index (χ4n) is 3.22. The number of carbonyl (C=O) groups excluding carboxylic acids is 3. The van der Waals surface area contributed by atoms with Crippen molar-refractivity contribution in [3.05, 3.63) is 79.7 Å². The normalized spacial score (nSPS) is 14.3. The Morgan fingerprint density at radius 1 is 1.09 bits per heavy atom. The summed E-state index contributed by atoms with van der Waals surface area (Å²) in [6, 6.07) is 12.6. The van der Waals surface area contributed by atoms with Crippen LogP contribution in [0.15, 0.2) is 53.4 Å². The summed E-state index contributed by atoms with van der Waals surface area (Å²) in [6.07, 6.45) is 3.77. The number of benzene rings is 2. The molecule has 1 aliphatic heterocycles. The Labute approximate surface area is 216 Å². The van der Waals surface area contributed by atoms with Crippen LogP contribution in [0, 0.1) is 10.1 Å². The van der Waals surface area contributed by atoms with Gasteiger partial charge in [-0.15, -0.1) is 0 Å². The van der Waals surface area contributed by atoms with Crippen LogP contribution in [0.1, 0.15) is 41.6 Å². The molecule has 0 bridgehead atoms. The molecule has 3 rings (SSSR count). The summed E-state index contributed by atoms with van der Waals surface area (Å²) < 4.78 is 0.491. The van der Waals surface area contributed by atoms with E-state index in [1.165, 1.54) is 36.0 Å². The number of nitrogens with one attached hydrogen (secondary N) is 2. The standard InChI is InChI=1S/C23H21ClN4O5S2/c24-16-11-9-15(10-12-16)14-19-22(31)27(23(34)35-19)13-5-1-2-8-20(29)25-26-21(30)17-6-3-4-7-18(17)28(32)33/h3-4,6-7,9-12,14H,1-2,5,8,13H2,(H,25,29)(H,26,30). The number of hydrogen-bond donors (Lipinski definition) is 2. The van der Waals surface area contributed by atoms with Crippen LogP contribution in [0.2, 0.25) is 5.02 Å². The van der Waals surface area contributed by atoms with Gasteiger partial charge in [-0.05, 0) is 42.7 Å². The molecule has 0 radical (unpaired) electrons.